The Morgan fingerprint density at radius 3 is 2.56 bits per heavy atom. The molecule has 0 bridgehead atoms. The Morgan fingerprint density at radius 1 is 1.19 bits per heavy atom. The van der Waals surface area contributed by atoms with Crippen LogP contribution in [0.5, 0.6) is 0 Å². The zero-order chi connectivity index (χ0) is 11.8. The summed E-state index contributed by atoms with van der Waals surface area (Å²) in [6, 6.07) is 0. The van der Waals surface area contributed by atoms with Crippen molar-refractivity contribution in [3.8, 4) is 0 Å². The van der Waals surface area contributed by atoms with Crippen molar-refractivity contribution in [2.24, 2.45) is 17.6 Å². The molecule has 1 saturated heterocycles. The van der Waals surface area contributed by atoms with Gasteiger partial charge >= 0.3 is 0 Å². The Kier molecular flexibility index (Phi) is 7.06. The normalized spacial score (nSPS) is 27.2. The van der Waals surface area contributed by atoms with Gasteiger partial charge in [-0.3, -0.25) is 0 Å². The number of likely N-dealkylation sites (tertiary alicyclic amines) is 1. The molecule has 0 radical (unpaired) electrons. The molecule has 0 aromatic carbocycles. The number of unbranched alkanes of at least 4 members (excludes halogenated alkanes) is 4. The highest BCUT2D eigenvalue weighted by Gasteiger charge is 2.24. The Labute approximate surface area is 102 Å². The van der Waals surface area contributed by atoms with Crippen molar-refractivity contribution < 1.29 is 0 Å². The van der Waals surface area contributed by atoms with Gasteiger partial charge in [0, 0.05) is 6.54 Å². The van der Waals surface area contributed by atoms with Crippen LogP contribution in [0.3, 0.4) is 0 Å². The van der Waals surface area contributed by atoms with E-state index in [2.05, 4.69) is 18.7 Å². The lowest BCUT2D eigenvalue weighted by Crippen LogP contribution is -2.42. The summed E-state index contributed by atoms with van der Waals surface area (Å²) in [4.78, 5) is 2.64. The van der Waals surface area contributed by atoms with Crippen LogP contribution in [-0.2, 0) is 0 Å². The summed E-state index contributed by atoms with van der Waals surface area (Å²) in [7, 11) is 0. The van der Waals surface area contributed by atoms with E-state index >= 15 is 0 Å². The summed E-state index contributed by atoms with van der Waals surface area (Å²) in [5.41, 5.74) is 5.78. The Balaban J connectivity index is 2.06. The van der Waals surface area contributed by atoms with E-state index in [0.29, 0.717) is 0 Å². The minimum absolute atomic E-state index is 0.774. The minimum Gasteiger partial charge on any atom is -0.330 e. The summed E-state index contributed by atoms with van der Waals surface area (Å²) < 4.78 is 0. The van der Waals surface area contributed by atoms with Crippen LogP contribution in [0.4, 0.5) is 0 Å². The Morgan fingerprint density at radius 2 is 1.94 bits per heavy atom. The molecule has 0 amide bonds. The minimum atomic E-state index is 0.774. The van der Waals surface area contributed by atoms with E-state index < -0.39 is 0 Å². The molecular formula is C14H30N2. The molecule has 0 aromatic heterocycles. The third-order valence-electron chi connectivity index (χ3n) is 4.05. The highest BCUT2D eigenvalue weighted by Crippen LogP contribution is 2.22. The SMILES string of the molecule is CCCCCCCN1CCC(CN)C(C)C1. The molecule has 2 heteroatoms. The van der Waals surface area contributed by atoms with Crippen molar-refractivity contribution >= 4 is 0 Å². The molecule has 1 rings (SSSR count). The van der Waals surface area contributed by atoms with Crippen molar-refractivity contribution in [2.75, 3.05) is 26.2 Å². The highest BCUT2D eigenvalue weighted by atomic mass is 15.1. The van der Waals surface area contributed by atoms with Crippen molar-refractivity contribution in [2.45, 2.75) is 52.4 Å². The fourth-order valence-corrected chi connectivity index (χ4v) is 2.77. The quantitative estimate of drug-likeness (QED) is 0.676. The fourth-order valence-electron chi connectivity index (χ4n) is 2.77. The van der Waals surface area contributed by atoms with Crippen molar-refractivity contribution in [1.82, 2.24) is 4.90 Å². The van der Waals surface area contributed by atoms with E-state index in [1.165, 1.54) is 58.2 Å². The van der Waals surface area contributed by atoms with E-state index in [1.807, 2.05) is 0 Å². The van der Waals surface area contributed by atoms with Gasteiger partial charge in [0.2, 0.25) is 0 Å². The average molecular weight is 226 g/mol. The lowest BCUT2D eigenvalue weighted by molar-refractivity contribution is 0.131. The highest BCUT2D eigenvalue weighted by molar-refractivity contribution is 4.78. The molecule has 0 saturated carbocycles. The first-order valence-corrected chi connectivity index (χ1v) is 7.20. The van der Waals surface area contributed by atoms with E-state index in [4.69, 9.17) is 5.73 Å². The van der Waals surface area contributed by atoms with Crippen LogP contribution < -0.4 is 5.73 Å². The molecule has 1 aliphatic rings. The van der Waals surface area contributed by atoms with Crippen LogP contribution in [0.2, 0.25) is 0 Å². The first kappa shape index (κ1) is 14.0. The second-order valence-electron chi connectivity index (χ2n) is 5.48. The van der Waals surface area contributed by atoms with Crippen LogP contribution in [0.15, 0.2) is 0 Å². The van der Waals surface area contributed by atoms with Gasteiger partial charge < -0.3 is 10.6 Å². The topological polar surface area (TPSA) is 29.3 Å². The molecule has 1 heterocycles. The third-order valence-corrected chi connectivity index (χ3v) is 4.05. The summed E-state index contributed by atoms with van der Waals surface area (Å²) in [6.07, 6.45) is 8.29. The monoisotopic (exact) mass is 226 g/mol. The molecule has 2 N–H and O–H groups in total. The molecule has 2 unspecified atom stereocenters. The number of hydrogen-bond donors (Lipinski definition) is 1. The van der Waals surface area contributed by atoms with Gasteiger partial charge in [0.1, 0.15) is 0 Å². The first-order chi connectivity index (χ1) is 7.77. The molecule has 2 atom stereocenters. The standard InChI is InChI=1S/C14H30N2/c1-3-4-5-6-7-9-16-10-8-14(11-15)13(2)12-16/h13-14H,3-12,15H2,1-2H3. The van der Waals surface area contributed by atoms with Crippen LogP contribution in [-0.4, -0.2) is 31.1 Å². The van der Waals surface area contributed by atoms with Gasteiger partial charge in [0.05, 0.1) is 0 Å². The summed E-state index contributed by atoms with van der Waals surface area (Å²) >= 11 is 0. The van der Waals surface area contributed by atoms with Gasteiger partial charge in [-0.15, -0.1) is 0 Å². The molecular weight excluding hydrogens is 196 g/mol. The molecule has 0 aliphatic carbocycles. The molecule has 1 aliphatic heterocycles. The maximum absolute atomic E-state index is 5.78. The van der Waals surface area contributed by atoms with Gasteiger partial charge in [-0.1, -0.05) is 39.5 Å². The zero-order valence-corrected chi connectivity index (χ0v) is 11.3. The van der Waals surface area contributed by atoms with Crippen LogP contribution in [0.1, 0.15) is 52.4 Å². The molecule has 1 fully saturated rings. The lowest BCUT2D eigenvalue weighted by Gasteiger charge is -2.36. The molecule has 96 valence electrons. The lowest BCUT2D eigenvalue weighted by atomic mass is 9.87. The zero-order valence-electron chi connectivity index (χ0n) is 11.3. The molecule has 0 spiro atoms. The van der Waals surface area contributed by atoms with E-state index in [-0.39, 0.29) is 0 Å². The molecule has 16 heavy (non-hydrogen) atoms. The number of piperidine rings is 1. The average Bonchev–Trinajstić information content (AvgIpc) is 2.29. The van der Waals surface area contributed by atoms with E-state index in [9.17, 15) is 0 Å². The molecule has 2 nitrogen and oxygen atoms in total. The van der Waals surface area contributed by atoms with Crippen LogP contribution in [0, 0.1) is 11.8 Å². The number of rotatable bonds is 7. The predicted octanol–water partition coefficient (Wildman–Crippen LogP) is 2.87. The van der Waals surface area contributed by atoms with Crippen molar-refractivity contribution in [3.63, 3.8) is 0 Å². The maximum atomic E-state index is 5.78. The maximum Gasteiger partial charge on any atom is 0.00101 e. The van der Waals surface area contributed by atoms with Crippen LogP contribution >= 0.6 is 0 Å². The van der Waals surface area contributed by atoms with Gasteiger partial charge in [-0.25, -0.2) is 0 Å². The van der Waals surface area contributed by atoms with Crippen molar-refractivity contribution in [3.05, 3.63) is 0 Å². The second-order valence-corrected chi connectivity index (χ2v) is 5.48. The molecule has 0 aromatic rings. The second kappa shape index (κ2) is 8.08. The Bertz CT molecular complexity index is 170. The van der Waals surface area contributed by atoms with E-state index in [0.717, 1.165) is 18.4 Å². The Hall–Kier alpha value is -0.0800. The van der Waals surface area contributed by atoms with E-state index in [1.54, 1.807) is 0 Å². The largest absolute Gasteiger partial charge is 0.330 e. The first-order valence-electron chi connectivity index (χ1n) is 7.20. The summed E-state index contributed by atoms with van der Waals surface area (Å²) in [5, 5.41) is 0. The number of hydrogen-bond acceptors (Lipinski definition) is 2. The predicted molar refractivity (Wildman–Crippen MR) is 71.5 cm³/mol. The van der Waals surface area contributed by atoms with Crippen molar-refractivity contribution in [1.29, 1.82) is 0 Å². The number of nitrogens with zero attached hydrogens (tertiary/aromatic N) is 1. The number of nitrogens with two attached hydrogens (primary N) is 1. The third kappa shape index (κ3) is 4.84. The van der Waals surface area contributed by atoms with Gasteiger partial charge in [-0.05, 0) is 44.3 Å². The smallest absolute Gasteiger partial charge is 0.00101 e. The summed E-state index contributed by atoms with van der Waals surface area (Å²) in [6.45, 7) is 9.38. The van der Waals surface area contributed by atoms with Crippen LogP contribution in [0.25, 0.3) is 0 Å². The van der Waals surface area contributed by atoms with Gasteiger partial charge in [-0.2, -0.15) is 0 Å². The van der Waals surface area contributed by atoms with Gasteiger partial charge in [0.25, 0.3) is 0 Å². The fraction of sp³-hybridized carbons (Fsp3) is 1.00. The van der Waals surface area contributed by atoms with Gasteiger partial charge in [0.15, 0.2) is 0 Å². The summed E-state index contributed by atoms with van der Waals surface area (Å²) in [5.74, 6) is 1.57.